The minimum atomic E-state index is -3.62. The normalized spacial score (nSPS) is 24.0. The van der Waals surface area contributed by atoms with Crippen LogP contribution in [0.5, 0.6) is 0 Å². The van der Waals surface area contributed by atoms with Gasteiger partial charge in [0.2, 0.25) is 0 Å². The van der Waals surface area contributed by atoms with Gasteiger partial charge in [0.15, 0.2) is 33.3 Å². The van der Waals surface area contributed by atoms with Crippen LogP contribution in [0.3, 0.4) is 0 Å². The van der Waals surface area contributed by atoms with E-state index in [4.69, 9.17) is 25.7 Å². The number of nitrogen functional groups attached to an aromatic ring is 1. The summed E-state index contributed by atoms with van der Waals surface area (Å²) in [5.74, 6) is -1.17. The standard InChI is InChI=1S/C27H37N7O6S/c1-26(2,3)16-7-9-17(10-8-16)33(25(29)35)11-6-12-41(36,37)13-18-20-21(40-27(4,5)39-20)24(38-18)34-15-32-19-22(28)30-14-31-23(19)34/h7-10,14-15,18,20-21,24H,6,11-13H2,1-5H3,(H2,29,35)(H2,28,30,31)/t18-,20-,21-,24-/m1/s1. The number of sulfone groups is 1. The number of anilines is 2. The summed E-state index contributed by atoms with van der Waals surface area (Å²) >= 11 is 0. The van der Waals surface area contributed by atoms with E-state index in [2.05, 4.69) is 35.7 Å². The van der Waals surface area contributed by atoms with Crippen LogP contribution in [-0.2, 0) is 29.5 Å². The Hall–Kier alpha value is -3.33. The number of benzene rings is 1. The van der Waals surface area contributed by atoms with Gasteiger partial charge in [-0.25, -0.2) is 28.2 Å². The number of carbonyl (C=O) groups excluding carboxylic acids is 1. The van der Waals surface area contributed by atoms with E-state index in [1.807, 2.05) is 24.3 Å². The maximum Gasteiger partial charge on any atom is 0.319 e. The molecule has 0 aliphatic carbocycles. The number of fused-ring (bicyclic) bond motifs is 2. The van der Waals surface area contributed by atoms with Gasteiger partial charge in [-0.15, -0.1) is 0 Å². The summed E-state index contributed by atoms with van der Waals surface area (Å²) in [5, 5.41) is 0. The largest absolute Gasteiger partial charge is 0.382 e. The zero-order valence-corrected chi connectivity index (χ0v) is 24.7. The van der Waals surface area contributed by atoms with Gasteiger partial charge in [0.05, 0.1) is 17.8 Å². The monoisotopic (exact) mass is 587 g/mol. The molecule has 2 fully saturated rings. The van der Waals surface area contributed by atoms with E-state index in [1.165, 1.54) is 17.6 Å². The lowest BCUT2D eigenvalue weighted by molar-refractivity contribution is -0.193. The highest BCUT2D eigenvalue weighted by Crippen LogP contribution is 2.44. The Morgan fingerprint density at radius 1 is 1.10 bits per heavy atom. The lowest BCUT2D eigenvalue weighted by atomic mass is 9.87. The summed E-state index contributed by atoms with van der Waals surface area (Å²) in [6.45, 7) is 9.99. The van der Waals surface area contributed by atoms with E-state index in [9.17, 15) is 13.2 Å². The molecule has 2 aromatic heterocycles. The van der Waals surface area contributed by atoms with Gasteiger partial charge in [-0.05, 0) is 43.4 Å². The van der Waals surface area contributed by atoms with Crippen LogP contribution in [-0.4, -0.2) is 76.1 Å². The number of rotatable bonds is 8. The van der Waals surface area contributed by atoms with Crippen LogP contribution >= 0.6 is 0 Å². The molecule has 0 spiro atoms. The highest BCUT2D eigenvalue weighted by molar-refractivity contribution is 7.91. The highest BCUT2D eigenvalue weighted by Gasteiger charge is 2.56. The third kappa shape index (κ3) is 6.01. The topological polar surface area (TPSA) is 178 Å². The Bertz CT molecular complexity index is 1530. The Morgan fingerprint density at radius 2 is 1.78 bits per heavy atom. The second kappa shape index (κ2) is 10.5. The molecule has 2 amide bonds. The molecule has 41 heavy (non-hydrogen) atoms. The number of nitrogens with zero attached hydrogens (tertiary/aromatic N) is 5. The molecule has 4 heterocycles. The second-order valence-electron chi connectivity index (χ2n) is 12.0. The molecule has 0 radical (unpaired) electrons. The first-order chi connectivity index (χ1) is 19.2. The quantitative estimate of drug-likeness (QED) is 0.398. The van der Waals surface area contributed by atoms with E-state index in [-0.39, 0.29) is 35.7 Å². The van der Waals surface area contributed by atoms with Crippen molar-refractivity contribution in [2.75, 3.05) is 28.7 Å². The van der Waals surface area contributed by atoms with Crippen LogP contribution in [0.4, 0.5) is 16.3 Å². The van der Waals surface area contributed by atoms with Crippen molar-refractivity contribution in [2.24, 2.45) is 5.73 Å². The number of aromatic nitrogens is 4. The summed E-state index contributed by atoms with van der Waals surface area (Å²) < 4.78 is 46.6. The van der Waals surface area contributed by atoms with Gasteiger partial charge < -0.3 is 25.7 Å². The molecule has 14 heteroatoms. The average Bonchev–Trinajstić information content (AvgIpc) is 3.53. The Kier molecular flexibility index (Phi) is 7.47. The van der Waals surface area contributed by atoms with Crippen molar-refractivity contribution in [3.05, 3.63) is 42.5 Å². The van der Waals surface area contributed by atoms with Crippen LogP contribution in [0.15, 0.2) is 36.9 Å². The van der Waals surface area contributed by atoms with Crippen LogP contribution < -0.4 is 16.4 Å². The van der Waals surface area contributed by atoms with E-state index < -0.39 is 46.2 Å². The van der Waals surface area contributed by atoms with Gasteiger partial charge in [0.25, 0.3) is 0 Å². The molecule has 4 N–H and O–H groups in total. The number of primary amides is 1. The summed E-state index contributed by atoms with van der Waals surface area (Å²) in [6, 6.07) is 6.89. The molecule has 13 nitrogen and oxygen atoms in total. The van der Waals surface area contributed by atoms with E-state index in [0.717, 1.165) is 5.56 Å². The number of nitrogens with two attached hydrogens (primary N) is 2. The zero-order valence-electron chi connectivity index (χ0n) is 23.9. The molecule has 3 aromatic rings. The molecule has 2 saturated heterocycles. The first-order valence-electron chi connectivity index (χ1n) is 13.5. The van der Waals surface area contributed by atoms with Crippen molar-refractivity contribution in [3.63, 3.8) is 0 Å². The zero-order chi connectivity index (χ0) is 29.7. The van der Waals surface area contributed by atoms with Gasteiger partial charge in [-0.1, -0.05) is 32.9 Å². The minimum absolute atomic E-state index is 0.0419. The molecule has 0 unspecified atom stereocenters. The number of urea groups is 1. The minimum Gasteiger partial charge on any atom is -0.382 e. The first kappa shape index (κ1) is 29.2. The van der Waals surface area contributed by atoms with Gasteiger partial charge in [0, 0.05) is 12.2 Å². The fourth-order valence-corrected chi connectivity index (χ4v) is 6.86. The second-order valence-corrected chi connectivity index (χ2v) is 14.2. The number of carbonyl (C=O) groups is 1. The van der Waals surface area contributed by atoms with Crippen LogP contribution in [0.2, 0.25) is 0 Å². The molecule has 4 atom stereocenters. The summed E-state index contributed by atoms with van der Waals surface area (Å²) in [7, 11) is -3.62. The molecule has 5 rings (SSSR count). The van der Waals surface area contributed by atoms with Crippen molar-refractivity contribution < 1.29 is 27.4 Å². The van der Waals surface area contributed by atoms with Crippen LogP contribution in [0, 0.1) is 0 Å². The fourth-order valence-electron chi connectivity index (χ4n) is 5.36. The fraction of sp³-hybridized carbons (Fsp3) is 0.556. The molecule has 2 aliphatic rings. The predicted molar refractivity (Wildman–Crippen MR) is 153 cm³/mol. The number of ether oxygens (including phenoxy) is 3. The van der Waals surface area contributed by atoms with Crippen molar-refractivity contribution in [1.82, 2.24) is 19.5 Å². The molecular weight excluding hydrogens is 550 g/mol. The van der Waals surface area contributed by atoms with Gasteiger partial charge >= 0.3 is 6.03 Å². The SMILES string of the molecule is CC1(C)O[C@@H]2[C@H](O1)[C@@H](CS(=O)(=O)CCCN(C(N)=O)c1ccc(C(C)(C)C)cc1)O[C@H]2n1cnc2c(N)ncnc21. The Balaban J connectivity index is 1.27. The van der Waals surface area contributed by atoms with Crippen molar-refractivity contribution in [1.29, 1.82) is 0 Å². The highest BCUT2D eigenvalue weighted by atomic mass is 32.2. The van der Waals surface area contributed by atoms with E-state index >= 15 is 0 Å². The Morgan fingerprint density at radius 3 is 2.44 bits per heavy atom. The van der Waals surface area contributed by atoms with Crippen molar-refractivity contribution in [3.8, 4) is 0 Å². The molecular formula is C27H37N7O6S. The summed E-state index contributed by atoms with van der Waals surface area (Å²) in [4.78, 5) is 26.1. The first-order valence-corrected chi connectivity index (χ1v) is 15.3. The smallest absolute Gasteiger partial charge is 0.319 e. The third-order valence-electron chi connectivity index (χ3n) is 7.35. The number of hydrogen-bond acceptors (Lipinski definition) is 10. The Labute approximate surface area is 239 Å². The van der Waals surface area contributed by atoms with Gasteiger partial charge in [0.1, 0.15) is 30.2 Å². The predicted octanol–water partition coefficient (Wildman–Crippen LogP) is 2.51. The number of imidazole rings is 1. The summed E-state index contributed by atoms with van der Waals surface area (Å²) in [5.41, 5.74) is 14.1. The van der Waals surface area contributed by atoms with Crippen molar-refractivity contribution >= 4 is 38.5 Å². The molecule has 2 aliphatic heterocycles. The number of hydrogen-bond donors (Lipinski definition) is 2. The lowest BCUT2D eigenvalue weighted by Gasteiger charge is -2.25. The average molecular weight is 588 g/mol. The van der Waals surface area contributed by atoms with Crippen molar-refractivity contribution in [2.45, 2.75) is 76.8 Å². The maximum absolute atomic E-state index is 13.3. The molecule has 1 aromatic carbocycles. The van der Waals surface area contributed by atoms with Gasteiger partial charge in [-0.3, -0.25) is 9.47 Å². The third-order valence-corrected chi connectivity index (χ3v) is 9.10. The van der Waals surface area contributed by atoms with E-state index in [1.54, 1.807) is 18.4 Å². The lowest BCUT2D eigenvalue weighted by Crippen LogP contribution is -2.38. The van der Waals surface area contributed by atoms with Crippen LogP contribution in [0.1, 0.15) is 52.8 Å². The number of amides is 2. The maximum atomic E-state index is 13.3. The molecule has 222 valence electrons. The summed E-state index contributed by atoms with van der Waals surface area (Å²) in [6.07, 6.45) is 0.282. The van der Waals surface area contributed by atoms with Gasteiger partial charge in [-0.2, -0.15) is 0 Å². The van der Waals surface area contributed by atoms with Crippen LogP contribution in [0.25, 0.3) is 11.2 Å². The van der Waals surface area contributed by atoms with E-state index in [0.29, 0.717) is 16.9 Å². The molecule has 0 bridgehead atoms. The molecule has 0 saturated carbocycles.